The third kappa shape index (κ3) is 3.10. The van der Waals surface area contributed by atoms with Crippen LogP contribution in [0.25, 0.3) is 5.65 Å². The number of hydrogen-bond donors (Lipinski definition) is 0. The highest BCUT2D eigenvalue weighted by molar-refractivity contribution is 5.94. The lowest BCUT2D eigenvalue weighted by molar-refractivity contribution is 0.0710. The van der Waals surface area contributed by atoms with Crippen molar-refractivity contribution in [3.05, 3.63) is 53.5 Å². The minimum Gasteiger partial charge on any atom is -0.497 e. The molecule has 144 valence electrons. The van der Waals surface area contributed by atoms with Crippen LogP contribution in [0.2, 0.25) is 0 Å². The van der Waals surface area contributed by atoms with Crippen molar-refractivity contribution in [2.45, 2.75) is 37.5 Å². The van der Waals surface area contributed by atoms with Crippen molar-refractivity contribution >= 4 is 11.6 Å². The molecule has 3 heterocycles. The van der Waals surface area contributed by atoms with Crippen LogP contribution in [-0.4, -0.2) is 50.8 Å². The zero-order chi connectivity index (χ0) is 19.1. The summed E-state index contributed by atoms with van der Waals surface area (Å²) < 4.78 is 7.08. The van der Waals surface area contributed by atoms with E-state index in [2.05, 4.69) is 16.3 Å². The molecule has 7 heteroatoms. The first-order chi connectivity index (χ1) is 13.7. The topological polar surface area (TPSA) is 72.6 Å². The third-order valence-corrected chi connectivity index (χ3v) is 5.79. The molecule has 0 bridgehead atoms. The molecule has 1 saturated heterocycles. The summed E-state index contributed by atoms with van der Waals surface area (Å²) >= 11 is 0. The minimum atomic E-state index is 0.0707. The Morgan fingerprint density at radius 3 is 2.39 bits per heavy atom. The fraction of sp³-hybridized carbons (Fsp3) is 0.429. The van der Waals surface area contributed by atoms with Crippen LogP contribution in [-0.2, 0) is 0 Å². The average molecular weight is 377 g/mol. The van der Waals surface area contributed by atoms with Crippen molar-refractivity contribution in [3.63, 3.8) is 0 Å². The first kappa shape index (κ1) is 17.2. The first-order valence-electron chi connectivity index (χ1n) is 9.88. The summed E-state index contributed by atoms with van der Waals surface area (Å²) in [6.07, 6.45) is 4.19. The van der Waals surface area contributed by atoms with Gasteiger partial charge in [0.2, 0.25) is 0 Å². The Morgan fingerprint density at radius 1 is 0.964 bits per heavy atom. The molecule has 1 aromatic carbocycles. The Morgan fingerprint density at radius 2 is 1.71 bits per heavy atom. The predicted octanol–water partition coefficient (Wildman–Crippen LogP) is 3.03. The minimum absolute atomic E-state index is 0.0707. The summed E-state index contributed by atoms with van der Waals surface area (Å²) in [5.74, 6) is 2.63. The monoisotopic (exact) mass is 377 g/mol. The third-order valence-electron chi connectivity index (χ3n) is 5.79. The summed E-state index contributed by atoms with van der Waals surface area (Å²) in [7, 11) is 1.62. The molecule has 0 unspecified atom stereocenters. The molecule has 0 spiro atoms. The van der Waals surface area contributed by atoms with Gasteiger partial charge in [-0.2, -0.15) is 9.61 Å². The van der Waals surface area contributed by atoms with Crippen molar-refractivity contribution < 1.29 is 9.53 Å². The van der Waals surface area contributed by atoms with Crippen LogP contribution in [0.1, 0.15) is 59.4 Å². The summed E-state index contributed by atoms with van der Waals surface area (Å²) in [5, 5.41) is 13.5. The molecule has 2 fully saturated rings. The normalized spacial score (nSPS) is 17.8. The largest absolute Gasteiger partial charge is 0.497 e. The number of hydrogen-bond acceptors (Lipinski definition) is 5. The summed E-state index contributed by atoms with van der Waals surface area (Å²) in [4.78, 5) is 14.7. The average Bonchev–Trinajstić information content (AvgIpc) is 3.52. The van der Waals surface area contributed by atoms with Crippen molar-refractivity contribution in [2.24, 2.45) is 0 Å². The van der Waals surface area contributed by atoms with Gasteiger partial charge in [0.05, 0.1) is 12.8 Å². The van der Waals surface area contributed by atoms with Gasteiger partial charge >= 0.3 is 0 Å². The molecule has 1 aliphatic carbocycles. The maximum Gasteiger partial charge on any atom is 0.253 e. The summed E-state index contributed by atoms with van der Waals surface area (Å²) in [6.45, 7) is 1.43. The fourth-order valence-electron chi connectivity index (χ4n) is 3.93. The molecule has 1 saturated carbocycles. The Bertz CT molecular complexity index is 1000. The molecule has 5 rings (SSSR count). The van der Waals surface area contributed by atoms with Crippen LogP contribution < -0.4 is 4.74 Å². The van der Waals surface area contributed by atoms with Crippen LogP contribution in [0.3, 0.4) is 0 Å². The number of amides is 1. The highest BCUT2D eigenvalue weighted by Gasteiger charge is 2.29. The van der Waals surface area contributed by atoms with E-state index in [9.17, 15) is 4.79 Å². The van der Waals surface area contributed by atoms with Crippen LogP contribution in [0.5, 0.6) is 5.75 Å². The Hall–Kier alpha value is -2.96. The summed E-state index contributed by atoms with van der Waals surface area (Å²) in [5.41, 5.74) is 2.64. The van der Waals surface area contributed by atoms with Gasteiger partial charge in [-0.25, -0.2) is 0 Å². The second kappa shape index (κ2) is 6.89. The number of ether oxygens (including phenoxy) is 1. The number of aromatic nitrogens is 4. The van der Waals surface area contributed by atoms with Gasteiger partial charge in [-0.3, -0.25) is 4.79 Å². The molecule has 0 N–H and O–H groups in total. The lowest BCUT2D eigenvalue weighted by Gasteiger charge is -2.31. The lowest BCUT2D eigenvalue weighted by atomic mass is 9.95. The van der Waals surface area contributed by atoms with Crippen LogP contribution in [0.15, 0.2) is 36.4 Å². The second-order valence-electron chi connectivity index (χ2n) is 7.66. The Kier molecular flexibility index (Phi) is 4.22. The van der Waals surface area contributed by atoms with E-state index in [1.165, 1.54) is 12.8 Å². The molecular formula is C21H23N5O2. The van der Waals surface area contributed by atoms with E-state index in [1.807, 2.05) is 39.7 Å². The second-order valence-corrected chi connectivity index (χ2v) is 7.66. The zero-order valence-corrected chi connectivity index (χ0v) is 15.9. The smallest absolute Gasteiger partial charge is 0.253 e. The molecule has 2 aromatic heterocycles. The molecular weight excluding hydrogens is 354 g/mol. The van der Waals surface area contributed by atoms with Gasteiger partial charge in [0.1, 0.15) is 5.75 Å². The van der Waals surface area contributed by atoms with E-state index >= 15 is 0 Å². The number of benzene rings is 1. The highest BCUT2D eigenvalue weighted by Crippen LogP contribution is 2.39. The maximum absolute atomic E-state index is 12.8. The number of methoxy groups -OCH3 is 1. The van der Waals surface area contributed by atoms with Crippen molar-refractivity contribution in [1.82, 2.24) is 24.7 Å². The standard InChI is InChI=1S/C21H23N5O2/c1-28-17-6-4-16(5-7-17)21(27)25-12-10-15(11-13-25)20-23-22-19-9-8-18(14-2-3-14)24-26(19)20/h4-9,14-15H,2-3,10-13H2,1H3. The van der Waals surface area contributed by atoms with Crippen LogP contribution in [0, 0.1) is 0 Å². The molecule has 3 aromatic rings. The maximum atomic E-state index is 12.8. The molecule has 0 atom stereocenters. The Labute approximate surface area is 163 Å². The molecule has 7 nitrogen and oxygen atoms in total. The number of carbonyl (C=O) groups is 1. The van der Waals surface area contributed by atoms with E-state index in [0.29, 0.717) is 24.6 Å². The van der Waals surface area contributed by atoms with Crippen LogP contribution >= 0.6 is 0 Å². The number of likely N-dealkylation sites (tertiary alicyclic amines) is 1. The van der Waals surface area contributed by atoms with Crippen molar-refractivity contribution in [1.29, 1.82) is 0 Å². The number of carbonyl (C=O) groups excluding carboxylic acids is 1. The van der Waals surface area contributed by atoms with Crippen molar-refractivity contribution in [2.75, 3.05) is 20.2 Å². The SMILES string of the molecule is COc1ccc(C(=O)N2CCC(c3nnc4ccc(C5CC5)nn34)CC2)cc1. The van der Waals surface area contributed by atoms with Gasteiger partial charge < -0.3 is 9.64 Å². The summed E-state index contributed by atoms with van der Waals surface area (Å²) in [6, 6.07) is 11.4. The first-order valence-corrected chi connectivity index (χ1v) is 9.88. The fourth-order valence-corrected chi connectivity index (χ4v) is 3.93. The van der Waals surface area contributed by atoms with Gasteiger partial charge in [0.25, 0.3) is 5.91 Å². The van der Waals surface area contributed by atoms with Gasteiger partial charge in [-0.05, 0) is 62.1 Å². The van der Waals surface area contributed by atoms with E-state index in [4.69, 9.17) is 9.84 Å². The molecule has 28 heavy (non-hydrogen) atoms. The van der Waals surface area contributed by atoms with E-state index in [1.54, 1.807) is 7.11 Å². The molecule has 1 aliphatic heterocycles. The number of fused-ring (bicyclic) bond motifs is 1. The zero-order valence-electron chi connectivity index (χ0n) is 15.9. The van der Waals surface area contributed by atoms with Gasteiger partial charge in [-0.1, -0.05) is 0 Å². The van der Waals surface area contributed by atoms with Gasteiger partial charge in [0, 0.05) is 30.5 Å². The predicted molar refractivity (Wildman–Crippen MR) is 104 cm³/mol. The lowest BCUT2D eigenvalue weighted by Crippen LogP contribution is -2.38. The van der Waals surface area contributed by atoms with E-state index in [0.717, 1.165) is 35.8 Å². The van der Waals surface area contributed by atoms with E-state index < -0.39 is 0 Å². The number of piperidine rings is 1. The number of nitrogens with zero attached hydrogens (tertiary/aromatic N) is 5. The number of rotatable bonds is 4. The van der Waals surface area contributed by atoms with Crippen LogP contribution in [0.4, 0.5) is 0 Å². The highest BCUT2D eigenvalue weighted by atomic mass is 16.5. The molecule has 2 aliphatic rings. The quantitative estimate of drug-likeness (QED) is 0.699. The Balaban J connectivity index is 1.29. The molecule has 1 amide bonds. The van der Waals surface area contributed by atoms with E-state index in [-0.39, 0.29) is 11.8 Å². The van der Waals surface area contributed by atoms with Crippen molar-refractivity contribution in [3.8, 4) is 5.75 Å². The molecule has 0 radical (unpaired) electrons. The van der Waals surface area contributed by atoms with Gasteiger partial charge in [0.15, 0.2) is 11.5 Å². The van der Waals surface area contributed by atoms with Gasteiger partial charge in [-0.15, -0.1) is 10.2 Å².